The normalized spacial score (nSPS) is 8.90. The lowest BCUT2D eigenvalue weighted by molar-refractivity contribution is 1.45. The van der Waals surface area contributed by atoms with Crippen molar-refractivity contribution in [3.8, 4) is 12.3 Å². The Morgan fingerprint density at radius 3 is 2.70 bits per heavy atom. The van der Waals surface area contributed by atoms with Gasteiger partial charge in [0.15, 0.2) is 0 Å². The molecule has 0 saturated heterocycles. The SMILES string of the molecule is C#Cc1cc(S)ccc1Cl. The van der Waals surface area contributed by atoms with E-state index in [-0.39, 0.29) is 0 Å². The van der Waals surface area contributed by atoms with Crippen LogP contribution in [0.25, 0.3) is 0 Å². The van der Waals surface area contributed by atoms with E-state index in [9.17, 15) is 0 Å². The standard InChI is InChI=1S/C8H5ClS/c1-2-6-5-7(10)3-4-8(6)9/h1,3-5,10H. The largest absolute Gasteiger partial charge is 0.143 e. The van der Waals surface area contributed by atoms with Gasteiger partial charge in [0.1, 0.15) is 0 Å². The third-order valence-corrected chi connectivity index (χ3v) is 1.71. The summed E-state index contributed by atoms with van der Waals surface area (Å²) in [6.45, 7) is 0. The van der Waals surface area contributed by atoms with Crippen LogP contribution in [0.3, 0.4) is 0 Å². The van der Waals surface area contributed by atoms with E-state index < -0.39 is 0 Å². The van der Waals surface area contributed by atoms with Crippen molar-refractivity contribution in [3.63, 3.8) is 0 Å². The maximum atomic E-state index is 5.72. The highest BCUT2D eigenvalue weighted by Crippen LogP contribution is 2.17. The second-order valence-electron chi connectivity index (χ2n) is 1.81. The summed E-state index contributed by atoms with van der Waals surface area (Å²) in [7, 11) is 0. The first-order valence-corrected chi connectivity index (χ1v) is 3.51. The van der Waals surface area contributed by atoms with E-state index >= 15 is 0 Å². The Morgan fingerprint density at radius 2 is 2.20 bits per heavy atom. The van der Waals surface area contributed by atoms with E-state index in [0.717, 1.165) is 4.90 Å². The predicted octanol–water partition coefficient (Wildman–Crippen LogP) is 2.61. The zero-order chi connectivity index (χ0) is 7.56. The molecule has 0 saturated carbocycles. The molecule has 1 aromatic rings. The molecule has 0 aliphatic rings. The zero-order valence-corrected chi connectivity index (χ0v) is 6.78. The van der Waals surface area contributed by atoms with E-state index in [1.165, 1.54) is 0 Å². The maximum absolute atomic E-state index is 5.72. The van der Waals surface area contributed by atoms with Crippen molar-refractivity contribution in [2.45, 2.75) is 4.90 Å². The van der Waals surface area contributed by atoms with Crippen LogP contribution in [-0.2, 0) is 0 Å². The summed E-state index contributed by atoms with van der Waals surface area (Å²) in [6, 6.07) is 5.29. The topological polar surface area (TPSA) is 0 Å². The fourth-order valence-corrected chi connectivity index (χ4v) is 1.000. The zero-order valence-electron chi connectivity index (χ0n) is 5.13. The Bertz CT molecular complexity index is 286. The Balaban J connectivity index is 3.25. The van der Waals surface area contributed by atoms with Crippen LogP contribution in [0.2, 0.25) is 5.02 Å². The summed E-state index contributed by atoms with van der Waals surface area (Å²) in [5.74, 6) is 2.46. The van der Waals surface area contributed by atoms with Crippen molar-refractivity contribution in [2.24, 2.45) is 0 Å². The number of benzene rings is 1. The molecular formula is C8H5ClS. The molecule has 0 heterocycles. The van der Waals surface area contributed by atoms with Crippen LogP contribution in [0.4, 0.5) is 0 Å². The molecule has 0 radical (unpaired) electrons. The molecule has 0 N–H and O–H groups in total. The van der Waals surface area contributed by atoms with E-state index in [0.29, 0.717) is 10.6 Å². The molecule has 1 aromatic carbocycles. The summed E-state index contributed by atoms with van der Waals surface area (Å²) in [5, 5.41) is 0.598. The summed E-state index contributed by atoms with van der Waals surface area (Å²) >= 11 is 9.82. The van der Waals surface area contributed by atoms with Gasteiger partial charge in [-0.1, -0.05) is 17.5 Å². The molecule has 0 nitrogen and oxygen atoms in total. The van der Waals surface area contributed by atoms with Gasteiger partial charge < -0.3 is 0 Å². The van der Waals surface area contributed by atoms with Crippen LogP contribution >= 0.6 is 24.2 Å². The van der Waals surface area contributed by atoms with Crippen molar-refractivity contribution in [1.29, 1.82) is 0 Å². The molecular weight excluding hydrogens is 164 g/mol. The second kappa shape index (κ2) is 3.01. The number of rotatable bonds is 0. The number of hydrogen-bond acceptors (Lipinski definition) is 1. The molecule has 0 amide bonds. The molecule has 10 heavy (non-hydrogen) atoms. The van der Waals surface area contributed by atoms with Crippen LogP contribution in [0, 0.1) is 12.3 Å². The molecule has 0 atom stereocenters. The second-order valence-corrected chi connectivity index (χ2v) is 2.73. The van der Waals surface area contributed by atoms with Crippen molar-refractivity contribution < 1.29 is 0 Å². The van der Waals surface area contributed by atoms with Gasteiger partial charge >= 0.3 is 0 Å². The first-order valence-electron chi connectivity index (χ1n) is 2.69. The molecule has 0 aromatic heterocycles. The van der Waals surface area contributed by atoms with E-state index in [1.54, 1.807) is 18.2 Å². The molecule has 0 aliphatic carbocycles. The lowest BCUT2D eigenvalue weighted by atomic mass is 10.2. The number of thiol groups is 1. The smallest absolute Gasteiger partial charge is 0.0563 e. The van der Waals surface area contributed by atoms with E-state index in [4.69, 9.17) is 18.0 Å². The molecule has 2 heteroatoms. The summed E-state index contributed by atoms with van der Waals surface area (Å²) in [5.41, 5.74) is 0.689. The Labute approximate surface area is 70.6 Å². The number of hydrogen-bond donors (Lipinski definition) is 1. The highest BCUT2D eigenvalue weighted by molar-refractivity contribution is 7.80. The maximum Gasteiger partial charge on any atom is 0.0563 e. The molecule has 0 bridgehead atoms. The van der Waals surface area contributed by atoms with Gasteiger partial charge in [0.05, 0.1) is 5.02 Å². The van der Waals surface area contributed by atoms with Crippen LogP contribution in [0.1, 0.15) is 5.56 Å². The van der Waals surface area contributed by atoms with Gasteiger partial charge in [0, 0.05) is 10.5 Å². The van der Waals surface area contributed by atoms with Gasteiger partial charge in [0.2, 0.25) is 0 Å². The van der Waals surface area contributed by atoms with Crippen LogP contribution < -0.4 is 0 Å². The van der Waals surface area contributed by atoms with Crippen molar-refractivity contribution >= 4 is 24.2 Å². The van der Waals surface area contributed by atoms with Gasteiger partial charge in [-0.3, -0.25) is 0 Å². The van der Waals surface area contributed by atoms with E-state index in [2.05, 4.69) is 18.5 Å². The quantitative estimate of drug-likeness (QED) is 0.447. The molecule has 0 spiro atoms. The lowest BCUT2D eigenvalue weighted by Crippen LogP contribution is -1.75. The van der Waals surface area contributed by atoms with Gasteiger partial charge in [-0.05, 0) is 18.2 Å². The number of terminal acetylenes is 1. The minimum absolute atomic E-state index is 0.598. The molecule has 50 valence electrons. The molecule has 0 unspecified atom stereocenters. The van der Waals surface area contributed by atoms with E-state index in [1.807, 2.05) is 0 Å². The Hall–Kier alpha value is -0.580. The monoisotopic (exact) mass is 168 g/mol. The van der Waals surface area contributed by atoms with Crippen LogP contribution in [-0.4, -0.2) is 0 Å². The number of halogens is 1. The molecule has 0 fully saturated rings. The molecule has 1 rings (SSSR count). The third-order valence-electron chi connectivity index (χ3n) is 1.11. The Morgan fingerprint density at radius 1 is 1.50 bits per heavy atom. The van der Waals surface area contributed by atoms with Crippen LogP contribution in [0.5, 0.6) is 0 Å². The lowest BCUT2D eigenvalue weighted by Gasteiger charge is -1.95. The van der Waals surface area contributed by atoms with Gasteiger partial charge in [-0.15, -0.1) is 19.1 Å². The minimum Gasteiger partial charge on any atom is -0.143 e. The van der Waals surface area contributed by atoms with Gasteiger partial charge in [-0.25, -0.2) is 0 Å². The highest BCUT2D eigenvalue weighted by Gasteiger charge is 1.94. The van der Waals surface area contributed by atoms with Crippen LogP contribution in [0.15, 0.2) is 23.1 Å². The average Bonchev–Trinajstić information content (AvgIpc) is 1.94. The predicted molar refractivity (Wildman–Crippen MR) is 46.6 cm³/mol. The highest BCUT2D eigenvalue weighted by atomic mass is 35.5. The first-order chi connectivity index (χ1) is 4.74. The first kappa shape index (κ1) is 7.53. The van der Waals surface area contributed by atoms with Crippen molar-refractivity contribution in [1.82, 2.24) is 0 Å². The fraction of sp³-hybridized carbons (Fsp3) is 0. The summed E-state index contributed by atoms with van der Waals surface area (Å²) in [6.07, 6.45) is 5.15. The average molecular weight is 169 g/mol. The Kier molecular flexibility index (Phi) is 2.26. The summed E-state index contributed by atoms with van der Waals surface area (Å²) in [4.78, 5) is 0.831. The molecule has 0 aliphatic heterocycles. The minimum atomic E-state index is 0.598. The van der Waals surface area contributed by atoms with Gasteiger partial charge in [0.25, 0.3) is 0 Å². The van der Waals surface area contributed by atoms with Crippen molar-refractivity contribution in [3.05, 3.63) is 28.8 Å². The van der Waals surface area contributed by atoms with Crippen molar-refractivity contribution in [2.75, 3.05) is 0 Å². The van der Waals surface area contributed by atoms with Gasteiger partial charge in [-0.2, -0.15) is 0 Å². The fourth-order valence-electron chi connectivity index (χ4n) is 0.624. The summed E-state index contributed by atoms with van der Waals surface area (Å²) < 4.78 is 0. The third kappa shape index (κ3) is 1.47.